The molecule has 0 atom stereocenters. The lowest BCUT2D eigenvalue weighted by molar-refractivity contribution is 0.0981. The zero-order valence-corrected chi connectivity index (χ0v) is 22.1. The van der Waals surface area contributed by atoms with Gasteiger partial charge in [-0.15, -0.1) is 0 Å². The Bertz CT molecular complexity index is 1800. The molecule has 8 nitrogen and oxygen atoms in total. The molecule has 1 aromatic heterocycles. The predicted molar refractivity (Wildman–Crippen MR) is 146 cm³/mol. The molecule has 0 spiro atoms. The smallest absolute Gasteiger partial charge is 0.291 e. The molecule has 0 saturated carbocycles. The molecule has 0 saturated heterocycles. The molecule has 1 amide bonds. The maximum absolute atomic E-state index is 12.7. The third-order valence-electron chi connectivity index (χ3n) is 5.81. The van der Waals surface area contributed by atoms with E-state index in [1.54, 1.807) is 73.7 Å². The van der Waals surface area contributed by atoms with E-state index in [1.807, 2.05) is 0 Å². The van der Waals surface area contributed by atoms with Gasteiger partial charge in [0.25, 0.3) is 21.9 Å². The van der Waals surface area contributed by atoms with Crippen molar-refractivity contribution in [3.63, 3.8) is 0 Å². The number of aromatic hydroxyl groups is 1. The lowest BCUT2D eigenvalue weighted by Gasteiger charge is -2.10. The molecule has 0 aliphatic carbocycles. The fraction of sp³-hybridized carbons (Fsp3) is 0.0690. The molecule has 39 heavy (non-hydrogen) atoms. The summed E-state index contributed by atoms with van der Waals surface area (Å²) < 4.78 is 44.8. The van der Waals surface area contributed by atoms with Crippen molar-refractivity contribution in [3.8, 4) is 23.2 Å². The van der Waals surface area contributed by atoms with Gasteiger partial charge in [0, 0.05) is 23.1 Å². The van der Waals surface area contributed by atoms with Gasteiger partial charge in [0.05, 0.1) is 9.92 Å². The molecule has 0 aliphatic rings. The van der Waals surface area contributed by atoms with E-state index in [9.17, 15) is 18.3 Å². The minimum Gasteiger partial charge on any atom is -0.506 e. The van der Waals surface area contributed by atoms with Gasteiger partial charge in [-0.25, -0.2) is 13.1 Å². The highest BCUT2D eigenvalue weighted by Gasteiger charge is 2.20. The summed E-state index contributed by atoms with van der Waals surface area (Å²) in [5.41, 5.74) is 1.99. The second kappa shape index (κ2) is 10.7. The second-order valence-corrected chi connectivity index (χ2v) is 10.7. The highest BCUT2D eigenvalue weighted by Crippen LogP contribution is 2.34. The predicted octanol–water partition coefficient (Wildman–Crippen LogP) is 6.59. The van der Waals surface area contributed by atoms with E-state index in [0.29, 0.717) is 28.2 Å². The molecule has 0 fully saturated rings. The first-order valence-electron chi connectivity index (χ1n) is 11.7. The van der Waals surface area contributed by atoms with E-state index in [0.717, 1.165) is 5.39 Å². The van der Waals surface area contributed by atoms with Crippen LogP contribution in [0.2, 0.25) is 5.02 Å². The minimum absolute atomic E-state index is 0.0473. The molecular formula is C29H22ClNO7S. The van der Waals surface area contributed by atoms with Crippen LogP contribution in [0.5, 0.6) is 23.2 Å². The normalized spacial score (nSPS) is 11.3. The van der Waals surface area contributed by atoms with Crippen LogP contribution in [0.25, 0.3) is 11.0 Å². The Morgan fingerprint density at radius 1 is 0.949 bits per heavy atom. The Morgan fingerprint density at radius 3 is 2.54 bits per heavy atom. The Morgan fingerprint density at radius 2 is 1.74 bits per heavy atom. The molecular weight excluding hydrogens is 542 g/mol. The van der Waals surface area contributed by atoms with Crippen molar-refractivity contribution in [2.75, 3.05) is 0 Å². The quantitative estimate of drug-likeness (QED) is 0.219. The molecule has 5 rings (SSSR count). The van der Waals surface area contributed by atoms with E-state index < -0.39 is 15.9 Å². The maximum atomic E-state index is 12.7. The topological polar surface area (TPSA) is 115 Å². The molecule has 0 bridgehead atoms. The number of aryl methyl sites for hydroxylation is 1. The van der Waals surface area contributed by atoms with Crippen LogP contribution in [-0.4, -0.2) is 19.4 Å². The molecule has 2 N–H and O–H groups in total. The average molecular weight is 564 g/mol. The third-order valence-corrected chi connectivity index (χ3v) is 7.60. The Balaban J connectivity index is 1.25. The lowest BCUT2D eigenvalue weighted by atomic mass is 10.1. The number of hydrogen-bond donors (Lipinski definition) is 2. The fourth-order valence-corrected chi connectivity index (χ4v) is 5.26. The van der Waals surface area contributed by atoms with Crippen LogP contribution in [0.15, 0.2) is 100 Å². The summed E-state index contributed by atoms with van der Waals surface area (Å²) in [6.07, 6.45) is 0. The van der Waals surface area contributed by atoms with Crippen LogP contribution in [0.3, 0.4) is 0 Å². The van der Waals surface area contributed by atoms with Crippen LogP contribution in [0.1, 0.15) is 21.5 Å². The van der Waals surface area contributed by atoms with E-state index in [1.165, 1.54) is 24.3 Å². The number of sulfonamides is 1. The fourth-order valence-electron chi connectivity index (χ4n) is 3.87. The first-order valence-corrected chi connectivity index (χ1v) is 13.6. The number of rotatable bonds is 8. The monoisotopic (exact) mass is 563 g/mol. The van der Waals surface area contributed by atoms with Gasteiger partial charge < -0.3 is 19.0 Å². The van der Waals surface area contributed by atoms with Gasteiger partial charge in [-0.3, -0.25) is 4.79 Å². The summed E-state index contributed by atoms with van der Waals surface area (Å²) >= 11 is 5.93. The highest BCUT2D eigenvalue weighted by atomic mass is 35.5. The first kappa shape index (κ1) is 26.1. The third kappa shape index (κ3) is 6.00. The molecule has 1 heterocycles. The van der Waals surface area contributed by atoms with Gasteiger partial charge in [0.2, 0.25) is 0 Å². The summed E-state index contributed by atoms with van der Waals surface area (Å²) in [4.78, 5) is 12.8. The summed E-state index contributed by atoms with van der Waals surface area (Å²) in [7, 11) is -4.02. The Kier molecular flexibility index (Phi) is 7.19. The van der Waals surface area contributed by atoms with Crippen molar-refractivity contribution >= 4 is 38.5 Å². The van der Waals surface area contributed by atoms with Crippen LogP contribution in [-0.2, 0) is 16.6 Å². The molecule has 5 aromatic rings. The van der Waals surface area contributed by atoms with Crippen molar-refractivity contribution in [3.05, 3.63) is 113 Å². The minimum atomic E-state index is -4.02. The zero-order chi connectivity index (χ0) is 27.6. The number of carbonyl (C=O) groups is 1. The average Bonchev–Trinajstić information content (AvgIpc) is 3.31. The van der Waals surface area contributed by atoms with Gasteiger partial charge in [-0.2, -0.15) is 0 Å². The molecule has 4 aromatic carbocycles. The van der Waals surface area contributed by atoms with Gasteiger partial charge >= 0.3 is 0 Å². The number of fused-ring (bicyclic) bond motifs is 1. The van der Waals surface area contributed by atoms with Crippen LogP contribution < -0.4 is 14.2 Å². The summed E-state index contributed by atoms with van der Waals surface area (Å²) in [5.74, 6) is 0.419. The largest absolute Gasteiger partial charge is 0.506 e. The van der Waals surface area contributed by atoms with E-state index in [4.69, 9.17) is 25.5 Å². The van der Waals surface area contributed by atoms with Gasteiger partial charge in [0.15, 0.2) is 0 Å². The Labute approximate surface area is 229 Å². The summed E-state index contributed by atoms with van der Waals surface area (Å²) in [6.45, 7) is 1.81. The van der Waals surface area contributed by atoms with E-state index >= 15 is 0 Å². The standard InChI is InChI=1S/C29H22ClNO7S/c1-18-5-2-3-8-27(18)39(34,35)31-29(33)20-7-4-6-19(13-20)17-36-22-10-12-26-21(14-22)15-28(38-26)37-23-9-11-25(32)24(30)16-23/h2-16,32H,17H2,1H3,(H,31,33). The molecule has 10 heteroatoms. The first-order chi connectivity index (χ1) is 18.7. The number of ether oxygens (including phenoxy) is 2. The SMILES string of the molecule is Cc1ccccc1S(=O)(=O)NC(=O)c1cccc(COc2ccc3oc(Oc4ccc(O)c(Cl)c4)cc3c2)c1. The number of carbonyl (C=O) groups excluding carboxylic acids is 1. The summed E-state index contributed by atoms with van der Waals surface area (Å²) in [6, 6.07) is 24.4. The van der Waals surface area contributed by atoms with Crippen LogP contribution in [0.4, 0.5) is 0 Å². The van der Waals surface area contributed by atoms with Gasteiger partial charge in [-0.1, -0.05) is 41.9 Å². The van der Waals surface area contributed by atoms with Crippen LogP contribution >= 0.6 is 11.6 Å². The van der Waals surface area contributed by atoms with Crippen molar-refractivity contribution in [2.45, 2.75) is 18.4 Å². The molecule has 198 valence electrons. The molecule has 0 aliphatic heterocycles. The number of nitrogens with one attached hydrogen (secondary N) is 1. The summed E-state index contributed by atoms with van der Waals surface area (Å²) in [5, 5.41) is 10.5. The van der Waals surface area contributed by atoms with Crippen molar-refractivity contribution < 1.29 is 32.2 Å². The molecule has 0 unspecified atom stereocenters. The van der Waals surface area contributed by atoms with E-state index in [2.05, 4.69) is 4.72 Å². The van der Waals surface area contributed by atoms with Crippen molar-refractivity contribution in [1.29, 1.82) is 0 Å². The maximum Gasteiger partial charge on any atom is 0.291 e. The number of hydrogen-bond acceptors (Lipinski definition) is 7. The number of furan rings is 1. The number of phenolic OH excluding ortho intramolecular Hbond substituents is 1. The Hall–Kier alpha value is -4.47. The van der Waals surface area contributed by atoms with Gasteiger partial charge in [0.1, 0.15) is 29.4 Å². The lowest BCUT2D eigenvalue weighted by Crippen LogP contribution is -2.31. The van der Waals surface area contributed by atoms with Crippen molar-refractivity contribution in [1.82, 2.24) is 4.72 Å². The molecule has 0 radical (unpaired) electrons. The number of phenols is 1. The van der Waals surface area contributed by atoms with Crippen LogP contribution in [0, 0.1) is 6.92 Å². The number of halogens is 1. The van der Waals surface area contributed by atoms with Gasteiger partial charge in [-0.05, 0) is 66.6 Å². The zero-order valence-electron chi connectivity index (χ0n) is 20.6. The highest BCUT2D eigenvalue weighted by molar-refractivity contribution is 7.90. The second-order valence-electron chi connectivity index (χ2n) is 8.67. The van der Waals surface area contributed by atoms with Crippen molar-refractivity contribution in [2.24, 2.45) is 0 Å². The number of amides is 1. The number of benzene rings is 4. The van der Waals surface area contributed by atoms with E-state index in [-0.39, 0.29) is 33.8 Å².